The Hall–Kier alpha value is -4.02. The Labute approximate surface area is 247 Å². The van der Waals surface area contributed by atoms with Crippen LogP contribution in [0, 0.1) is 5.92 Å². The number of esters is 1. The number of hydrogen-bond donors (Lipinski definition) is 2. The van der Waals surface area contributed by atoms with Crippen LogP contribution in [0.25, 0.3) is 10.9 Å². The Balaban J connectivity index is 1.24. The summed E-state index contributed by atoms with van der Waals surface area (Å²) in [4.78, 5) is 38.1. The third-order valence-corrected chi connectivity index (χ3v) is 7.57. The van der Waals surface area contributed by atoms with Crippen LogP contribution < -0.4 is 15.4 Å². The molecular formula is C32H40N6O4. The number of nitrogens with one attached hydrogen (secondary N) is 2. The Kier molecular flexibility index (Phi) is 9.99. The van der Waals surface area contributed by atoms with Crippen LogP contribution in [0.1, 0.15) is 38.3 Å². The van der Waals surface area contributed by atoms with Gasteiger partial charge in [-0.15, -0.1) is 0 Å². The van der Waals surface area contributed by atoms with Crippen LogP contribution in [0.15, 0.2) is 60.9 Å². The van der Waals surface area contributed by atoms with Gasteiger partial charge in [-0.05, 0) is 44.2 Å². The van der Waals surface area contributed by atoms with Crippen molar-refractivity contribution in [1.29, 1.82) is 0 Å². The van der Waals surface area contributed by atoms with Crippen molar-refractivity contribution < 1.29 is 19.1 Å². The molecule has 1 aliphatic carbocycles. The van der Waals surface area contributed by atoms with Gasteiger partial charge in [0.2, 0.25) is 5.91 Å². The highest BCUT2D eigenvalue weighted by Gasteiger charge is 2.23. The van der Waals surface area contributed by atoms with E-state index in [-0.39, 0.29) is 17.9 Å². The Morgan fingerprint density at radius 1 is 1.07 bits per heavy atom. The van der Waals surface area contributed by atoms with Gasteiger partial charge in [-0.1, -0.05) is 36.4 Å². The summed E-state index contributed by atoms with van der Waals surface area (Å²) in [5.74, 6) is 1.46. The van der Waals surface area contributed by atoms with E-state index in [1.54, 1.807) is 12.4 Å². The van der Waals surface area contributed by atoms with Gasteiger partial charge in [0.05, 0.1) is 31.0 Å². The number of piperazine rings is 1. The van der Waals surface area contributed by atoms with E-state index in [1.165, 1.54) is 12.8 Å². The molecule has 10 heteroatoms. The van der Waals surface area contributed by atoms with Crippen molar-refractivity contribution in [2.75, 3.05) is 63.1 Å². The largest absolute Gasteiger partial charge is 0.491 e. The third kappa shape index (κ3) is 8.27. The molecule has 2 heterocycles. The Morgan fingerprint density at radius 2 is 1.83 bits per heavy atom. The minimum atomic E-state index is -0.226. The van der Waals surface area contributed by atoms with Gasteiger partial charge in [-0.3, -0.25) is 19.4 Å². The van der Waals surface area contributed by atoms with E-state index in [4.69, 9.17) is 9.47 Å². The van der Waals surface area contributed by atoms with Gasteiger partial charge < -0.3 is 20.1 Å². The van der Waals surface area contributed by atoms with Crippen LogP contribution >= 0.6 is 0 Å². The number of benzene rings is 2. The number of rotatable bonds is 13. The van der Waals surface area contributed by atoms with Crippen molar-refractivity contribution in [1.82, 2.24) is 19.8 Å². The number of nitrogens with zero attached hydrogens (tertiary/aromatic N) is 4. The highest BCUT2D eigenvalue weighted by molar-refractivity contribution is 6.03. The first-order valence-corrected chi connectivity index (χ1v) is 14.8. The van der Waals surface area contributed by atoms with Crippen LogP contribution in [0.3, 0.4) is 0 Å². The lowest BCUT2D eigenvalue weighted by Crippen LogP contribution is -2.48. The third-order valence-electron chi connectivity index (χ3n) is 7.57. The van der Waals surface area contributed by atoms with Crippen LogP contribution in [0.4, 0.5) is 11.5 Å². The van der Waals surface area contributed by atoms with E-state index < -0.39 is 0 Å². The molecule has 1 unspecified atom stereocenters. The topological polar surface area (TPSA) is 109 Å². The average Bonchev–Trinajstić information content (AvgIpc) is 3.82. The molecule has 5 rings (SSSR count). The molecule has 1 saturated heterocycles. The Morgan fingerprint density at radius 3 is 2.57 bits per heavy atom. The summed E-state index contributed by atoms with van der Waals surface area (Å²) in [6.45, 7) is 9.14. The maximum absolute atomic E-state index is 13.0. The maximum atomic E-state index is 13.0. The van der Waals surface area contributed by atoms with Crippen molar-refractivity contribution in [2.24, 2.45) is 5.92 Å². The number of carbonyl (C=O) groups excluding carboxylic acids is 2. The number of aromatic nitrogens is 2. The number of amides is 1. The lowest BCUT2D eigenvalue weighted by molar-refractivity contribution is -0.144. The van der Waals surface area contributed by atoms with Crippen molar-refractivity contribution in [2.45, 2.75) is 32.7 Å². The number of fused-ring (bicyclic) bond motifs is 1. The van der Waals surface area contributed by atoms with Crippen molar-refractivity contribution >= 4 is 34.3 Å². The smallest absolute Gasteiger partial charge is 0.320 e. The molecule has 1 amide bonds. The van der Waals surface area contributed by atoms with E-state index in [0.717, 1.165) is 42.6 Å². The minimum absolute atomic E-state index is 0.0306. The fourth-order valence-corrected chi connectivity index (χ4v) is 4.94. The molecule has 0 radical (unpaired) electrons. The van der Waals surface area contributed by atoms with Crippen molar-refractivity contribution in [3.63, 3.8) is 0 Å². The Bertz CT molecular complexity index is 1390. The van der Waals surface area contributed by atoms with E-state index >= 15 is 0 Å². The number of anilines is 2. The second-order valence-corrected chi connectivity index (χ2v) is 10.9. The molecule has 222 valence electrons. The number of carbonyl (C=O) groups is 2. The molecule has 1 atom stereocenters. The lowest BCUT2D eigenvalue weighted by Gasteiger charge is -2.33. The van der Waals surface area contributed by atoms with Gasteiger partial charge in [-0.2, -0.15) is 0 Å². The first kappa shape index (κ1) is 29.5. The van der Waals surface area contributed by atoms with Gasteiger partial charge in [0.1, 0.15) is 17.9 Å². The summed E-state index contributed by atoms with van der Waals surface area (Å²) < 4.78 is 11.2. The summed E-state index contributed by atoms with van der Waals surface area (Å²) >= 11 is 0. The predicted octanol–water partition coefficient (Wildman–Crippen LogP) is 4.27. The van der Waals surface area contributed by atoms with E-state index in [0.29, 0.717) is 49.5 Å². The molecule has 0 bridgehead atoms. The first-order chi connectivity index (χ1) is 20.5. The SMILES string of the molecule is CCOC(=O)CN1CCN(CC=CC(=O)Nc2cc3c(NC(C)c4ccccc4)ncnc3cc2OCC2CC2)CC1. The van der Waals surface area contributed by atoms with Gasteiger partial charge in [-0.25, -0.2) is 9.97 Å². The molecule has 2 N–H and O–H groups in total. The zero-order valence-electron chi connectivity index (χ0n) is 24.4. The van der Waals surface area contributed by atoms with Gasteiger partial charge in [0, 0.05) is 56.3 Å². The number of hydrogen-bond acceptors (Lipinski definition) is 9. The molecule has 2 aliphatic rings. The molecule has 1 saturated carbocycles. The quantitative estimate of drug-likeness (QED) is 0.229. The first-order valence-electron chi connectivity index (χ1n) is 14.8. The molecule has 1 aromatic heterocycles. The predicted molar refractivity (Wildman–Crippen MR) is 164 cm³/mol. The average molecular weight is 573 g/mol. The van der Waals surface area contributed by atoms with Crippen molar-refractivity contribution in [3.8, 4) is 5.75 Å². The molecule has 0 spiro atoms. The van der Waals surface area contributed by atoms with E-state index in [1.807, 2.05) is 43.3 Å². The standard InChI is InChI=1S/C32H40N6O4/c1-3-41-31(40)20-38-16-14-37(15-17-38)13-7-10-30(39)36-28-18-26-27(19-29(28)42-21-24-11-12-24)33-22-34-32(26)35-23(2)25-8-5-4-6-9-25/h4-10,18-19,22-24H,3,11-17,20-21H2,1-2H3,(H,36,39)(H,33,34,35). The second-order valence-electron chi connectivity index (χ2n) is 10.9. The second kappa shape index (κ2) is 14.2. The van der Waals surface area contributed by atoms with Gasteiger partial charge in [0.25, 0.3) is 0 Å². The van der Waals surface area contributed by atoms with Crippen molar-refractivity contribution in [3.05, 3.63) is 66.5 Å². The molecule has 2 aromatic carbocycles. The van der Waals surface area contributed by atoms with Gasteiger partial charge >= 0.3 is 5.97 Å². The van der Waals surface area contributed by atoms with Gasteiger partial charge in [0.15, 0.2) is 0 Å². The molecule has 2 fully saturated rings. The summed E-state index contributed by atoms with van der Waals surface area (Å²) in [6, 6.07) is 14.0. The van der Waals surface area contributed by atoms with Crippen LogP contribution in [0.2, 0.25) is 0 Å². The molecule has 10 nitrogen and oxygen atoms in total. The fraction of sp³-hybridized carbons (Fsp3) is 0.438. The highest BCUT2D eigenvalue weighted by atomic mass is 16.5. The minimum Gasteiger partial charge on any atom is -0.491 e. The molecule has 42 heavy (non-hydrogen) atoms. The summed E-state index contributed by atoms with van der Waals surface area (Å²) in [5.41, 5.74) is 2.48. The van der Waals surface area contributed by atoms with Crippen LogP contribution in [-0.4, -0.2) is 84.1 Å². The highest BCUT2D eigenvalue weighted by Crippen LogP contribution is 2.36. The molecular weight excluding hydrogens is 532 g/mol. The summed E-state index contributed by atoms with van der Waals surface area (Å²) in [7, 11) is 0. The van der Waals surface area contributed by atoms with Crippen LogP contribution in [0.5, 0.6) is 5.75 Å². The molecule has 1 aliphatic heterocycles. The summed E-state index contributed by atoms with van der Waals surface area (Å²) in [5, 5.41) is 7.33. The van der Waals surface area contributed by atoms with E-state index in [9.17, 15) is 9.59 Å². The lowest BCUT2D eigenvalue weighted by atomic mass is 10.1. The monoisotopic (exact) mass is 572 g/mol. The van der Waals surface area contributed by atoms with E-state index in [2.05, 4.69) is 49.5 Å². The zero-order chi connectivity index (χ0) is 29.3. The normalized spacial score (nSPS) is 16.8. The molecule has 3 aromatic rings. The summed E-state index contributed by atoms with van der Waals surface area (Å²) in [6.07, 6.45) is 7.33. The number of ether oxygens (including phenoxy) is 2. The zero-order valence-corrected chi connectivity index (χ0v) is 24.4. The maximum Gasteiger partial charge on any atom is 0.320 e. The van der Waals surface area contributed by atoms with Crippen LogP contribution in [-0.2, 0) is 14.3 Å². The fourth-order valence-electron chi connectivity index (χ4n) is 4.94.